The molecule has 1 heterocycles. The highest BCUT2D eigenvalue weighted by atomic mass is 35.5. The lowest BCUT2D eigenvalue weighted by molar-refractivity contribution is -0.0210. The monoisotopic (exact) mass is 299 g/mol. The van der Waals surface area contributed by atoms with Crippen molar-refractivity contribution in [3.63, 3.8) is 0 Å². The number of rotatable bonds is 2. The molecule has 2 N–H and O–H groups in total. The van der Waals surface area contributed by atoms with Gasteiger partial charge in [0, 0.05) is 12.0 Å². The number of nitrogens with one attached hydrogen (secondary N) is 1. The van der Waals surface area contributed by atoms with Gasteiger partial charge in [-0.3, -0.25) is 0 Å². The molecule has 1 saturated carbocycles. The fraction of sp³-hybridized carbons (Fsp3) is 0.600. The second-order valence-corrected chi connectivity index (χ2v) is 6.69. The summed E-state index contributed by atoms with van der Waals surface area (Å²) in [6, 6.07) is 5.84. The van der Waals surface area contributed by atoms with Gasteiger partial charge in [-0.25, -0.2) is 0 Å². The Labute approximate surface area is 124 Å². The normalized spacial score (nSPS) is 29.8. The lowest BCUT2D eigenvalue weighted by atomic mass is 9.65. The van der Waals surface area contributed by atoms with Gasteiger partial charge >= 0.3 is 0 Å². The molecular formula is C15H19Cl2NO. The minimum atomic E-state index is -0.652. The standard InChI is InChI=1S/C15H19Cl2NO/c16-12-4-3-11(9-13(12)17)14(5-1-2-6-14)15(19)7-8-18-10-15/h3-4,9,18-19H,1-2,5-8,10H2. The van der Waals surface area contributed by atoms with Crippen LogP contribution in [0.1, 0.15) is 37.7 Å². The Hall–Kier alpha value is -0.280. The number of aliphatic hydroxyl groups is 1. The van der Waals surface area contributed by atoms with Crippen molar-refractivity contribution in [3.8, 4) is 0 Å². The molecule has 0 radical (unpaired) electrons. The molecule has 1 atom stereocenters. The van der Waals surface area contributed by atoms with E-state index in [1.54, 1.807) is 0 Å². The first kappa shape index (κ1) is 13.7. The molecule has 1 aromatic rings. The van der Waals surface area contributed by atoms with Gasteiger partial charge in [-0.2, -0.15) is 0 Å². The summed E-state index contributed by atoms with van der Waals surface area (Å²) < 4.78 is 0. The summed E-state index contributed by atoms with van der Waals surface area (Å²) in [5.41, 5.74) is 0.330. The zero-order valence-corrected chi connectivity index (χ0v) is 12.4. The molecule has 104 valence electrons. The maximum atomic E-state index is 11.1. The van der Waals surface area contributed by atoms with E-state index in [1.165, 1.54) is 12.8 Å². The molecule has 1 aromatic carbocycles. The predicted octanol–water partition coefficient (Wildman–Crippen LogP) is 3.53. The summed E-state index contributed by atoms with van der Waals surface area (Å²) in [6.45, 7) is 1.56. The zero-order chi connectivity index (χ0) is 13.5. The Bertz CT molecular complexity index is 477. The van der Waals surface area contributed by atoms with Gasteiger partial charge in [0.2, 0.25) is 0 Å². The van der Waals surface area contributed by atoms with Crippen molar-refractivity contribution in [1.29, 1.82) is 0 Å². The minimum absolute atomic E-state index is 0.162. The second kappa shape index (κ2) is 4.92. The number of hydrogen-bond donors (Lipinski definition) is 2. The van der Waals surface area contributed by atoms with E-state index in [0.717, 1.165) is 31.4 Å². The molecule has 2 fully saturated rings. The van der Waals surface area contributed by atoms with Crippen LogP contribution in [0, 0.1) is 0 Å². The van der Waals surface area contributed by atoms with Gasteiger partial charge in [0.1, 0.15) is 0 Å². The van der Waals surface area contributed by atoms with E-state index < -0.39 is 5.60 Å². The first-order chi connectivity index (χ1) is 9.07. The Morgan fingerprint density at radius 2 is 1.79 bits per heavy atom. The fourth-order valence-corrected chi connectivity index (χ4v) is 4.18. The van der Waals surface area contributed by atoms with Crippen molar-refractivity contribution in [3.05, 3.63) is 33.8 Å². The summed E-state index contributed by atoms with van der Waals surface area (Å²) in [5, 5.41) is 15.6. The lowest BCUT2D eigenvalue weighted by Gasteiger charge is -2.43. The van der Waals surface area contributed by atoms with E-state index in [0.29, 0.717) is 16.6 Å². The van der Waals surface area contributed by atoms with Crippen LogP contribution < -0.4 is 5.32 Å². The number of halogens is 2. The van der Waals surface area contributed by atoms with Gasteiger partial charge < -0.3 is 10.4 Å². The van der Waals surface area contributed by atoms with Gasteiger partial charge in [0.25, 0.3) is 0 Å². The molecule has 3 rings (SSSR count). The number of benzene rings is 1. The summed E-state index contributed by atoms with van der Waals surface area (Å²) in [5.74, 6) is 0. The van der Waals surface area contributed by atoms with E-state index in [-0.39, 0.29) is 5.41 Å². The van der Waals surface area contributed by atoms with Gasteiger partial charge in [-0.1, -0.05) is 42.1 Å². The van der Waals surface area contributed by atoms with Crippen LogP contribution in [0.4, 0.5) is 0 Å². The van der Waals surface area contributed by atoms with Crippen LogP contribution in [0.5, 0.6) is 0 Å². The van der Waals surface area contributed by atoms with Crippen LogP contribution in [0.25, 0.3) is 0 Å². The third-order valence-corrected chi connectivity index (χ3v) is 5.69. The van der Waals surface area contributed by atoms with Crippen LogP contribution in [-0.2, 0) is 5.41 Å². The van der Waals surface area contributed by atoms with Gasteiger partial charge in [-0.15, -0.1) is 0 Å². The third-order valence-electron chi connectivity index (χ3n) is 4.95. The molecule has 1 aliphatic heterocycles. The molecule has 2 aliphatic rings. The molecule has 0 amide bonds. The van der Waals surface area contributed by atoms with Crippen LogP contribution in [0.2, 0.25) is 10.0 Å². The fourth-order valence-electron chi connectivity index (χ4n) is 3.88. The largest absolute Gasteiger partial charge is 0.388 e. The van der Waals surface area contributed by atoms with Crippen LogP contribution >= 0.6 is 23.2 Å². The molecule has 2 nitrogen and oxygen atoms in total. The Balaban J connectivity index is 2.07. The highest BCUT2D eigenvalue weighted by Crippen LogP contribution is 2.51. The molecule has 1 unspecified atom stereocenters. The average Bonchev–Trinajstić information content (AvgIpc) is 3.03. The van der Waals surface area contributed by atoms with E-state index in [9.17, 15) is 5.11 Å². The minimum Gasteiger partial charge on any atom is -0.388 e. The highest BCUT2D eigenvalue weighted by Gasteiger charge is 2.53. The predicted molar refractivity (Wildman–Crippen MR) is 79.0 cm³/mol. The first-order valence-electron chi connectivity index (χ1n) is 6.96. The SMILES string of the molecule is OC1(C2(c3ccc(Cl)c(Cl)c3)CCCC2)CCNC1. The van der Waals surface area contributed by atoms with Crippen LogP contribution in [0.3, 0.4) is 0 Å². The molecule has 4 heteroatoms. The van der Waals surface area contributed by atoms with Crippen molar-refractivity contribution in [1.82, 2.24) is 5.32 Å². The maximum absolute atomic E-state index is 11.1. The molecule has 1 aliphatic carbocycles. The van der Waals surface area contributed by atoms with Crippen molar-refractivity contribution in [2.75, 3.05) is 13.1 Å². The van der Waals surface area contributed by atoms with Crippen LogP contribution in [0.15, 0.2) is 18.2 Å². The van der Waals surface area contributed by atoms with Crippen molar-refractivity contribution >= 4 is 23.2 Å². The third kappa shape index (κ3) is 2.09. The molecule has 0 spiro atoms. The molecule has 0 bridgehead atoms. The zero-order valence-electron chi connectivity index (χ0n) is 10.9. The Kier molecular flexibility index (Phi) is 3.55. The second-order valence-electron chi connectivity index (χ2n) is 5.88. The van der Waals surface area contributed by atoms with Crippen molar-refractivity contribution in [2.45, 2.75) is 43.1 Å². The van der Waals surface area contributed by atoms with Crippen molar-refractivity contribution < 1.29 is 5.11 Å². The Morgan fingerprint density at radius 1 is 1.05 bits per heavy atom. The smallest absolute Gasteiger partial charge is 0.0879 e. The van der Waals surface area contributed by atoms with Crippen LogP contribution in [-0.4, -0.2) is 23.8 Å². The van der Waals surface area contributed by atoms with Gasteiger partial charge in [0.15, 0.2) is 0 Å². The molecule has 19 heavy (non-hydrogen) atoms. The molecular weight excluding hydrogens is 281 g/mol. The summed E-state index contributed by atoms with van der Waals surface area (Å²) in [6.07, 6.45) is 5.21. The van der Waals surface area contributed by atoms with E-state index in [4.69, 9.17) is 23.2 Å². The maximum Gasteiger partial charge on any atom is 0.0879 e. The average molecular weight is 300 g/mol. The van der Waals surface area contributed by atoms with Crippen molar-refractivity contribution in [2.24, 2.45) is 0 Å². The molecule has 1 saturated heterocycles. The lowest BCUT2D eigenvalue weighted by Crippen LogP contribution is -2.51. The van der Waals surface area contributed by atoms with E-state index in [1.807, 2.05) is 18.2 Å². The van der Waals surface area contributed by atoms with Gasteiger partial charge in [-0.05, 0) is 43.5 Å². The van der Waals surface area contributed by atoms with E-state index >= 15 is 0 Å². The molecule has 0 aromatic heterocycles. The quantitative estimate of drug-likeness (QED) is 0.875. The highest BCUT2D eigenvalue weighted by molar-refractivity contribution is 6.42. The Morgan fingerprint density at radius 3 is 2.37 bits per heavy atom. The topological polar surface area (TPSA) is 32.3 Å². The number of β-amino-alcohol motifs (C(OH)–C–C–N with tert-alkyl or cyclic N) is 1. The van der Waals surface area contributed by atoms with E-state index in [2.05, 4.69) is 5.32 Å². The first-order valence-corrected chi connectivity index (χ1v) is 7.72. The summed E-state index contributed by atoms with van der Waals surface area (Å²) in [7, 11) is 0. The number of hydrogen-bond acceptors (Lipinski definition) is 2. The van der Waals surface area contributed by atoms with Gasteiger partial charge in [0.05, 0.1) is 15.6 Å². The summed E-state index contributed by atoms with van der Waals surface area (Å²) in [4.78, 5) is 0. The summed E-state index contributed by atoms with van der Waals surface area (Å²) >= 11 is 12.2.